The van der Waals surface area contributed by atoms with Gasteiger partial charge in [-0.15, -0.1) is 10.2 Å². The highest BCUT2D eigenvalue weighted by Crippen LogP contribution is 2.23. The van der Waals surface area contributed by atoms with Gasteiger partial charge in [-0.1, -0.05) is 55.4 Å². The van der Waals surface area contributed by atoms with Crippen molar-refractivity contribution in [3.8, 4) is 11.4 Å². The minimum atomic E-state index is 0.0443. The molecule has 1 unspecified atom stereocenters. The minimum absolute atomic E-state index is 0.0443. The van der Waals surface area contributed by atoms with E-state index in [2.05, 4.69) is 29.4 Å². The first-order chi connectivity index (χ1) is 11.2. The molecule has 124 valence electrons. The molecule has 0 aliphatic rings. The summed E-state index contributed by atoms with van der Waals surface area (Å²) in [6.07, 6.45) is 2.07. The van der Waals surface area contributed by atoms with Crippen LogP contribution in [0.3, 0.4) is 0 Å². The zero-order chi connectivity index (χ0) is 16.7. The molecular weight excluding hydrogens is 308 g/mol. The van der Waals surface area contributed by atoms with Gasteiger partial charge in [-0.05, 0) is 20.3 Å². The second-order valence-corrected chi connectivity index (χ2v) is 6.40. The van der Waals surface area contributed by atoms with Gasteiger partial charge in [-0.25, -0.2) is 0 Å². The largest absolute Gasteiger partial charge is 0.353 e. The van der Waals surface area contributed by atoms with Gasteiger partial charge in [0.15, 0.2) is 11.0 Å². The van der Waals surface area contributed by atoms with Gasteiger partial charge in [0.05, 0.1) is 5.75 Å². The smallest absolute Gasteiger partial charge is 0.230 e. The summed E-state index contributed by atoms with van der Waals surface area (Å²) in [7, 11) is 0. The van der Waals surface area contributed by atoms with Gasteiger partial charge in [0, 0.05) is 18.2 Å². The number of carbonyl (C=O) groups excluding carboxylic acids is 1. The molecule has 0 aliphatic heterocycles. The van der Waals surface area contributed by atoms with Crippen LogP contribution in [0.15, 0.2) is 35.5 Å². The number of hydrogen-bond donors (Lipinski definition) is 1. The van der Waals surface area contributed by atoms with Gasteiger partial charge < -0.3 is 9.88 Å². The molecular formula is C17H24N4OS. The fourth-order valence-electron chi connectivity index (χ4n) is 2.43. The van der Waals surface area contributed by atoms with Crippen molar-refractivity contribution in [1.29, 1.82) is 0 Å². The molecule has 1 atom stereocenters. The first kappa shape index (κ1) is 17.5. The van der Waals surface area contributed by atoms with Crippen molar-refractivity contribution in [1.82, 2.24) is 20.1 Å². The fraction of sp³-hybridized carbons (Fsp3) is 0.471. The zero-order valence-electron chi connectivity index (χ0n) is 14.0. The van der Waals surface area contributed by atoms with Gasteiger partial charge in [-0.3, -0.25) is 4.79 Å². The maximum Gasteiger partial charge on any atom is 0.230 e. The molecule has 1 N–H and O–H groups in total. The fourth-order valence-corrected chi connectivity index (χ4v) is 3.25. The van der Waals surface area contributed by atoms with E-state index < -0.39 is 0 Å². The van der Waals surface area contributed by atoms with Crippen LogP contribution in [0.2, 0.25) is 0 Å². The van der Waals surface area contributed by atoms with Crippen LogP contribution in [0.5, 0.6) is 0 Å². The molecule has 2 aromatic rings. The van der Waals surface area contributed by atoms with E-state index in [4.69, 9.17) is 0 Å². The molecule has 0 spiro atoms. The SMILES string of the molecule is CCCC(C)NC(=O)CSc1nnc(-c2ccccc2)n1CC. The quantitative estimate of drug-likeness (QED) is 0.753. The molecule has 0 saturated carbocycles. The van der Waals surface area contributed by atoms with Crippen molar-refractivity contribution in [2.75, 3.05) is 5.75 Å². The van der Waals surface area contributed by atoms with Crippen LogP contribution in [0.25, 0.3) is 11.4 Å². The van der Waals surface area contributed by atoms with E-state index in [0.29, 0.717) is 5.75 Å². The average molecular weight is 332 g/mol. The summed E-state index contributed by atoms with van der Waals surface area (Å²) < 4.78 is 2.04. The molecule has 1 heterocycles. The lowest BCUT2D eigenvalue weighted by Crippen LogP contribution is -2.33. The van der Waals surface area contributed by atoms with E-state index in [1.54, 1.807) is 0 Å². The van der Waals surface area contributed by atoms with Gasteiger partial charge in [0.2, 0.25) is 5.91 Å². The third-order valence-electron chi connectivity index (χ3n) is 3.53. The molecule has 1 aromatic heterocycles. The van der Waals surface area contributed by atoms with E-state index in [0.717, 1.165) is 35.9 Å². The van der Waals surface area contributed by atoms with E-state index in [1.807, 2.05) is 41.8 Å². The zero-order valence-corrected chi connectivity index (χ0v) is 14.8. The molecule has 0 fully saturated rings. The Hall–Kier alpha value is -1.82. The Morgan fingerprint density at radius 1 is 1.26 bits per heavy atom. The van der Waals surface area contributed by atoms with Gasteiger partial charge >= 0.3 is 0 Å². The summed E-state index contributed by atoms with van der Waals surface area (Å²) in [6, 6.07) is 10.2. The van der Waals surface area contributed by atoms with Crippen LogP contribution in [-0.4, -0.2) is 32.5 Å². The van der Waals surface area contributed by atoms with Crippen molar-refractivity contribution in [3.05, 3.63) is 30.3 Å². The van der Waals surface area contributed by atoms with Crippen molar-refractivity contribution in [3.63, 3.8) is 0 Å². The molecule has 0 bridgehead atoms. The highest BCUT2D eigenvalue weighted by atomic mass is 32.2. The van der Waals surface area contributed by atoms with Crippen LogP contribution < -0.4 is 5.32 Å². The predicted molar refractivity (Wildman–Crippen MR) is 94.4 cm³/mol. The summed E-state index contributed by atoms with van der Waals surface area (Å²) in [4.78, 5) is 12.0. The minimum Gasteiger partial charge on any atom is -0.353 e. The number of nitrogens with one attached hydrogen (secondary N) is 1. The Labute approximate surface area is 141 Å². The number of amides is 1. The summed E-state index contributed by atoms with van der Waals surface area (Å²) in [6.45, 7) is 6.98. The molecule has 6 heteroatoms. The monoisotopic (exact) mass is 332 g/mol. The molecule has 2 rings (SSSR count). The Bertz CT molecular complexity index is 627. The maximum absolute atomic E-state index is 12.0. The Kier molecular flexibility index (Phi) is 6.65. The highest BCUT2D eigenvalue weighted by Gasteiger charge is 2.15. The van der Waals surface area contributed by atoms with Crippen LogP contribution in [0.4, 0.5) is 0 Å². The molecule has 0 radical (unpaired) electrons. The number of thioether (sulfide) groups is 1. The molecule has 23 heavy (non-hydrogen) atoms. The standard InChI is InChI=1S/C17H24N4OS/c1-4-9-13(3)18-15(22)12-23-17-20-19-16(21(17)5-2)14-10-7-6-8-11-14/h6-8,10-11,13H,4-5,9,12H2,1-3H3,(H,18,22). The summed E-state index contributed by atoms with van der Waals surface area (Å²) >= 11 is 1.43. The van der Waals surface area contributed by atoms with Gasteiger partial charge in [0.25, 0.3) is 0 Å². The number of rotatable bonds is 8. The average Bonchev–Trinajstić information content (AvgIpc) is 2.96. The van der Waals surface area contributed by atoms with Crippen LogP contribution >= 0.6 is 11.8 Å². The van der Waals surface area contributed by atoms with Crippen molar-refractivity contribution >= 4 is 17.7 Å². The summed E-state index contributed by atoms with van der Waals surface area (Å²) in [5, 5.41) is 12.3. The van der Waals surface area contributed by atoms with Crippen LogP contribution in [0, 0.1) is 0 Å². The first-order valence-corrected chi connectivity index (χ1v) is 9.05. The molecule has 1 amide bonds. The lowest BCUT2D eigenvalue weighted by molar-refractivity contribution is -0.119. The first-order valence-electron chi connectivity index (χ1n) is 8.06. The molecule has 1 aromatic carbocycles. The Morgan fingerprint density at radius 2 is 2.00 bits per heavy atom. The topological polar surface area (TPSA) is 59.8 Å². The van der Waals surface area contributed by atoms with Crippen molar-refractivity contribution in [2.45, 2.75) is 51.4 Å². The van der Waals surface area contributed by atoms with Crippen molar-refractivity contribution < 1.29 is 4.79 Å². The number of hydrogen-bond acceptors (Lipinski definition) is 4. The lowest BCUT2D eigenvalue weighted by Gasteiger charge is -2.12. The molecule has 5 nitrogen and oxygen atoms in total. The number of benzene rings is 1. The third kappa shape index (κ3) is 4.82. The number of aromatic nitrogens is 3. The van der Waals surface area contributed by atoms with E-state index in [1.165, 1.54) is 11.8 Å². The van der Waals surface area contributed by atoms with Gasteiger partial charge in [-0.2, -0.15) is 0 Å². The predicted octanol–water partition coefficient (Wildman–Crippen LogP) is 3.36. The third-order valence-corrected chi connectivity index (χ3v) is 4.49. The van der Waals surface area contributed by atoms with Crippen molar-refractivity contribution in [2.24, 2.45) is 0 Å². The normalized spacial score (nSPS) is 12.1. The summed E-state index contributed by atoms with van der Waals surface area (Å²) in [5.41, 5.74) is 1.04. The second kappa shape index (κ2) is 8.72. The molecule has 0 saturated heterocycles. The van der Waals surface area contributed by atoms with Gasteiger partial charge in [0.1, 0.15) is 0 Å². The Balaban J connectivity index is 2.01. The van der Waals surface area contributed by atoms with E-state index in [9.17, 15) is 4.79 Å². The Morgan fingerprint density at radius 3 is 2.65 bits per heavy atom. The van der Waals surface area contributed by atoms with E-state index in [-0.39, 0.29) is 11.9 Å². The second-order valence-electron chi connectivity index (χ2n) is 5.46. The van der Waals surface area contributed by atoms with Crippen LogP contribution in [0.1, 0.15) is 33.6 Å². The molecule has 0 aliphatic carbocycles. The van der Waals surface area contributed by atoms with E-state index >= 15 is 0 Å². The van der Waals surface area contributed by atoms with Crippen LogP contribution in [-0.2, 0) is 11.3 Å². The highest BCUT2D eigenvalue weighted by molar-refractivity contribution is 7.99. The summed E-state index contributed by atoms with van der Waals surface area (Å²) in [5.74, 6) is 1.25. The lowest BCUT2D eigenvalue weighted by atomic mass is 10.2. The number of carbonyl (C=O) groups is 1. The number of nitrogens with zero attached hydrogens (tertiary/aromatic N) is 3. The maximum atomic E-state index is 12.0.